The maximum Gasteiger partial charge on any atom is 0.341 e. The molecule has 6 nitrogen and oxygen atoms in total. The Morgan fingerprint density at radius 1 is 1.26 bits per heavy atom. The van der Waals surface area contributed by atoms with E-state index < -0.39 is 17.2 Å². The number of nitrogens with one attached hydrogen (secondary N) is 2. The van der Waals surface area contributed by atoms with Crippen molar-refractivity contribution >= 4 is 22.6 Å². The Hall–Kier alpha value is -2.41. The van der Waals surface area contributed by atoms with E-state index in [9.17, 15) is 14.7 Å². The molecule has 2 aliphatic rings. The standard InChI is InChI=1S/C20H23FN2O4/c21-15-8-13-17(22-9-14(19(13)24)20(25)26)16(11-4-1-2-5-11)18(15)23-12-6-3-7-27-10-12/h8-9,11-12,23H,1-7,10H2,(H,22,24)(H,25,26). The number of carboxylic acid groups (broad SMARTS) is 1. The number of H-pyrrole nitrogens is 1. The van der Waals surface area contributed by atoms with E-state index >= 15 is 4.39 Å². The molecule has 2 aromatic rings. The maximum absolute atomic E-state index is 15.1. The van der Waals surface area contributed by atoms with Gasteiger partial charge in [0.1, 0.15) is 11.4 Å². The first-order valence-electron chi connectivity index (χ1n) is 9.51. The fourth-order valence-corrected chi connectivity index (χ4v) is 4.35. The van der Waals surface area contributed by atoms with E-state index in [2.05, 4.69) is 10.3 Å². The summed E-state index contributed by atoms with van der Waals surface area (Å²) in [5.74, 6) is -1.69. The van der Waals surface area contributed by atoms with E-state index in [1.54, 1.807) is 0 Å². The third kappa shape index (κ3) is 3.32. The lowest BCUT2D eigenvalue weighted by molar-refractivity contribution is 0.0695. The third-order valence-electron chi connectivity index (χ3n) is 5.67. The fourth-order valence-electron chi connectivity index (χ4n) is 4.35. The number of aromatic carboxylic acids is 1. The zero-order valence-electron chi connectivity index (χ0n) is 15.0. The lowest BCUT2D eigenvalue weighted by Gasteiger charge is -2.27. The number of fused-ring (bicyclic) bond motifs is 1. The van der Waals surface area contributed by atoms with Crippen LogP contribution in [-0.4, -0.2) is 35.3 Å². The van der Waals surface area contributed by atoms with Crippen LogP contribution in [0.5, 0.6) is 0 Å². The summed E-state index contributed by atoms with van der Waals surface area (Å²) in [6.45, 7) is 1.25. The highest BCUT2D eigenvalue weighted by Gasteiger charge is 2.28. The van der Waals surface area contributed by atoms with Gasteiger partial charge in [-0.25, -0.2) is 9.18 Å². The lowest BCUT2D eigenvalue weighted by atomic mass is 9.91. The summed E-state index contributed by atoms with van der Waals surface area (Å²) in [6.07, 6.45) is 7.02. The van der Waals surface area contributed by atoms with Gasteiger partial charge >= 0.3 is 5.97 Å². The molecule has 1 aromatic heterocycles. The maximum atomic E-state index is 15.1. The number of rotatable bonds is 4. The average Bonchev–Trinajstić information content (AvgIpc) is 3.18. The van der Waals surface area contributed by atoms with E-state index in [0.29, 0.717) is 17.8 Å². The SMILES string of the molecule is O=C(O)c1c[nH]c2c(C3CCCC3)c(NC3CCCOC3)c(F)cc2c1=O. The zero-order chi connectivity index (χ0) is 19.0. The molecule has 4 rings (SSSR count). The predicted molar refractivity (Wildman–Crippen MR) is 100 cm³/mol. The number of anilines is 1. The van der Waals surface area contributed by atoms with Crippen molar-refractivity contribution in [1.29, 1.82) is 0 Å². The minimum atomic E-state index is -1.32. The highest BCUT2D eigenvalue weighted by molar-refractivity contribution is 5.95. The number of carboxylic acids is 1. The van der Waals surface area contributed by atoms with Crippen LogP contribution in [0, 0.1) is 5.82 Å². The van der Waals surface area contributed by atoms with Crippen molar-refractivity contribution in [3.05, 3.63) is 39.4 Å². The Balaban J connectivity index is 1.89. The molecule has 1 unspecified atom stereocenters. The van der Waals surface area contributed by atoms with Crippen LogP contribution in [0.25, 0.3) is 10.9 Å². The van der Waals surface area contributed by atoms with Crippen molar-refractivity contribution in [3.8, 4) is 0 Å². The molecular weight excluding hydrogens is 351 g/mol. The Morgan fingerprint density at radius 2 is 2.04 bits per heavy atom. The number of aromatic amines is 1. The van der Waals surface area contributed by atoms with E-state index in [-0.39, 0.29) is 22.9 Å². The number of hydrogen-bond donors (Lipinski definition) is 3. The second-order valence-corrected chi connectivity index (χ2v) is 7.45. The van der Waals surface area contributed by atoms with Crippen LogP contribution in [0.3, 0.4) is 0 Å². The number of halogens is 1. The van der Waals surface area contributed by atoms with Crippen LogP contribution < -0.4 is 10.7 Å². The van der Waals surface area contributed by atoms with Gasteiger partial charge in [-0.05, 0) is 37.7 Å². The van der Waals surface area contributed by atoms with Gasteiger partial charge < -0.3 is 20.1 Å². The van der Waals surface area contributed by atoms with Gasteiger partial charge in [0.25, 0.3) is 0 Å². The first-order chi connectivity index (χ1) is 13.1. The molecule has 3 N–H and O–H groups in total. The van der Waals surface area contributed by atoms with Gasteiger partial charge in [-0.3, -0.25) is 4.79 Å². The molecule has 1 saturated carbocycles. The first-order valence-corrected chi connectivity index (χ1v) is 9.51. The minimum absolute atomic E-state index is 0.0240. The van der Waals surface area contributed by atoms with Gasteiger partial charge in [0.2, 0.25) is 5.43 Å². The minimum Gasteiger partial charge on any atom is -0.477 e. The summed E-state index contributed by atoms with van der Waals surface area (Å²) in [5.41, 5.74) is 0.700. The molecule has 1 aliphatic heterocycles. The Morgan fingerprint density at radius 3 is 2.70 bits per heavy atom. The highest BCUT2D eigenvalue weighted by Crippen LogP contribution is 2.42. The molecule has 0 bridgehead atoms. The van der Waals surface area contributed by atoms with Crippen LogP contribution in [0.15, 0.2) is 17.1 Å². The zero-order valence-corrected chi connectivity index (χ0v) is 15.0. The first kappa shape index (κ1) is 18.0. The number of ether oxygens (including phenoxy) is 1. The van der Waals surface area contributed by atoms with Crippen molar-refractivity contribution in [2.24, 2.45) is 0 Å². The van der Waals surface area contributed by atoms with E-state index in [4.69, 9.17) is 4.74 Å². The molecule has 27 heavy (non-hydrogen) atoms. The Kier molecular flexibility index (Phi) is 4.86. The number of hydrogen-bond acceptors (Lipinski definition) is 4. The van der Waals surface area contributed by atoms with E-state index in [1.165, 1.54) is 6.20 Å². The summed E-state index contributed by atoms with van der Waals surface area (Å²) in [7, 11) is 0. The van der Waals surface area contributed by atoms with Crippen LogP contribution in [-0.2, 0) is 4.74 Å². The Labute approximate surface area is 155 Å². The van der Waals surface area contributed by atoms with Crippen LogP contribution in [0.2, 0.25) is 0 Å². The molecule has 1 atom stereocenters. The third-order valence-corrected chi connectivity index (χ3v) is 5.67. The molecular formula is C20H23FN2O4. The molecule has 1 aliphatic carbocycles. The van der Waals surface area contributed by atoms with Crippen molar-refractivity contribution in [2.45, 2.75) is 50.5 Å². The van der Waals surface area contributed by atoms with Gasteiger partial charge in [-0.1, -0.05) is 12.8 Å². The fraction of sp³-hybridized carbons (Fsp3) is 0.500. The molecule has 0 spiro atoms. The van der Waals surface area contributed by atoms with Crippen molar-refractivity contribution in [2.75, 3.05) is 18.5 Å². The normalized spacial score (nSPS) is 20.9. The summed E-state index contributed by atoms with van der Waals surface area (Å²) < 4.78 is 20.6. The van der Waals surface area contributed by atoms with Gasteiger partial charge in [0, 0.05) is 29.8 Å². The van der Waals surface area contributed by atoms with Crippen LogP contribution in [0.4, 0.5) is 10.1 Å². The van der Waals surface area contributed by atoms with Gasteiger partial charge in [-0.15, -0.1) is 0 Å². The van der Waals surface area contributed by atoms with Crippen molar-refractivity contribution in [1.82, 2.24) is 4.98 Å². The molecule has 7 heteroatoms. The van der Waals surface area contributed by atoms with E-state index in [1.807, 2.05) is 0 Å². The number of pyridine rings is 1. The quantitative estimate of drug-likeness (QED) is 0.760. The number of aromatic nitrogens is 1. The number of carbonyl (C=O) groups is 1. The van der Waals surface area contributed by atoms with Gasteiger partial charge in [0.05, 0.1) is 17.8 Å². The van der Waals surface area contributed by atoms with Crippen molar-refractivity contribution < 1.29 is 19.0 Å². The summed E-state index contributed by atoms with van der Waals surface area (Å²) in [6, 6.07) is 1.18. The van der Waals surface area contributed by atoms with Crippen molar-refractivity contribution in [3.63, 3.8) is 0 Å². The second kappa shape index (κ2) is 7.31. The molecule has 2 fully saturated rings. The molecule has 144 valence electrons. The molecule has 2 heterocycles. The Bertz CT molecular complexity index is 928. The molecule has 1 saturated heterocycles. The molecule has 0 radical (unpaired) electrons. The van der Waals surface area contributed by atoms with E-state index in [0.717, 1.165) is 56.8 Å². The average molecular weight is 374 g/mol. The predicted octanol–water partition coefficient (Wildman–Crippen LogP) is 3.61. The monoisotopic (exact) mass is 374 g/mol. The second-order valence-electron chi connectivity index (χ2n) is 7.45. The molecule has 0 amide bonds. The summed E-state index contributed by atoms with van der Waals surface area (Å²) >= 11 is 0. The highest BCUT2D eigenvalue weighted by atomic mass is 19.1. The summed E-state index contributed by atoms with van der Waals surface area (Å²) in [4.78, 5) is 26.8. The van der Waals surface area contributed by atoms with Gasteiger partial charge in [-0.2, -0.15) is 0 Å². The molecule has 1 aromatic carbocycles. The topological polar surface area (TPSA) is 91.4 Å². The summed E-state index contributed by atoms with van der Waals surface area (Å²) in [5, 5.41) is 12.6. The number of benzene rings is 1. The van der Waals surface area contributed by atoms with Crippen LogP contribution in [0.1, 0.15) is 60.4 Å². The largest absolute Gasteiger partial charge is 0.477 e. The van der Waals surface area contributed by atoms with Crippen LogP contribution >= 0.6 is 0 Å². The van der Waals surface area contributed by atoms with Gasteiger partial charge in [0.15, 0.2) is 0 Å². The smallest absolute Gasteiger partial charge is 0.341 e. The lowest BCUT2D eigenvalue weighted by Crippen LogP contribution is -2.31.